The summed E-state index contributed by atoms with van der Waals surface area (Å²) < 4.78 is 5.36. The van der Waals surface area contributed by atoms with Crippen molar-refractivity contribution < 1.29 is 9.53 Å². The average molecular weight is 434 g/mol. The van der Waals surface area contributed by atoms with Crippen molar-refractivity contribution in [3.05, 3.63) is 114 Å². The van der Waals surface area contributed by atoms with Crippen LogP contribution in [0.25, 0.3) is 22.4 Å². The molecule has 33 heavy (non-hydrogen) atoms. The Labute approximate surface area is 195 Å². The van der Waals surface area contributed by atoms with Gasteiger partial charge in [-0.1, -0.05) is 79.4 Å². The van der Waals surface area contributed by atoms with E-state index in [0.29, 0.717) is 11.3 Å². The van der Waals surface area contributed by atoms with Crippen molar-refractivity contribution in [2.24, 2.45) is 0 Å². The molecule has 0 unspecified atom stereocenters. The number of carbonyl (C=O) groups is 1. The van der Waals surface area contributed by atoms with Gasteiger partial charge in [0.15, 0.2) is 5.78 Å². The zero-order chi connectivity index (χ0) is 23.4. The predicted molar refractivity (Wildman–Crippen MR) is 139 cm³/mol. The number of fused-ring (bicyclic) bond motifs is 1. The van der Waals surface area contributed by atoms with Gasteiger partial charge in [-0.25, -0.2) is 0 Å². The maximum absolute atomic E-state index is 12.3. The zero-order valence-corrected chi connectivity index (χ0v) is 19.2. The fourth-order valence-electron chi connectivity index (χ4n) is 4.21. The summed E-state index contributed by atoms with van der Waals surface area (Å²) in [5, 5.41) is 2.33. The van der Waals surface area contributed by atoms with E-state index in [1.54, 1.807) is 14.0 Å². The smallest absolute Gasteiger partial charge is 0.163 e. The summed E-state index contributed by atoms with van der Waals surface area (Å²) in [5.74, 6) is 0.586. The minimum atomic E-state index is -0.0231. The van der Waals surface area contributed by atoms with Crippen molar-refractivity contribution in [1.29, 1.82) is 0 Å². The molecule has 0 saturated heterocycles. The lowest BCUT2D eigenvalue weighted by molar-refractivity contribution is -0.111. The molecule has 0 amide bonds. The second-order valence-corrected chi connectivity index (χ2v) is 7.83. The van der Waals surface area contributed by atoms with E-state index in [2.05, 4.69) is 66.1 Å². The number of methoxy groups -OCH3 is 1. The number of carbonyl (C=O) groups excluding carboxylic acids is 1. The molecule has 4 rings (SSSR count). The molecule has 0 atom stereocenters. The normalized spacial score (nSPS) is 11.6. The second kappa shape index (κ2) is 9.58. The molecule has 0 aliphatic carbocycles. The summed E-state index contributed by atoms with van der Waals surface area (Å²) >= 11 is 0. The number of hydrogen-bond donors (Lipinski definition) is 0. The summed E-state index contributed by atoms with van der Waals surface area (Å²) in [6.45, 7) is 7.40. The van der Waals surface area contributed by atoms with E-state index < -0.39 is 0 Å². The molecule has 0 bridgehead atoms. The maximum atomic E-state index is 12.3. The molecule has 4 aromatic carbocycles. The van der Waals surface area contributed by atoms with Crippen LogP contribution >= 0.6 is 0 Å². The molecule has 0 aliphatic rings. The SMILES string of the molecule is C=Cc1ccccc1N(c1ccc(/C(C(C)=O)=C(\C)OC)cc1)c1cccc2ccccc12. The zero-order valence-electron chi connectivity index (χ0n) is 19.2. The third kappa shape index (κ3) is 4.31. The Balaban J connectivity index is 1.93. The molecule has 3 heteroatoms. The maximum Gasteiger partial charge on any atom is 0.163 e. The number of hydrogen-bond acceptors (Lipinski definition) is 3. The number of ketones is 1. The summed E-state index contributed by atoms with van der Waals surface area (Å²) in [4.78, 5) is 14.5. The molecule has 3 nitrogen and oxygen atoms in total. The number of nitrogens with zero attached hydrogens (tertiary/aromatic N) is 1. The van der Waals surface area contributed by atoms with Crippen LogP contribution in [0.2, 0.25) is 0 Å². The van der Waals surface area contributed by atoms with Crippen LogP contribution in [0.3, 0.4) is 0 Å². The molecule has 0 saturated carbocycles. The first-order chi connectivity index (χ1) is 16.0. The van der Waals surface area contributed by atoms with Gasteiger partial charge in [-0.2, -0.15) is 0 Å². The highest BCUT2D eigenvalue weighted by Gasteiger charge is 2.18. The molecule has 0 N–H and O–H groups in total. The highest BCUT2D eigenvalue weighted by Crippen LogP contribution is 2.41. The van der Waals surface area contributed by atoms with Crippen LogP contribution in [0.4, 0.5) is 17.1 Å². The molecular formula is C30H27NO2. The Morgan fingerprint density at radius 2 is 1.45 bits per heavy atom. The number of allylic oxidation sites excluding steroid dienone is 2. The van der Waals surface area contributed by atoms with Crippen molar-refractivity contribution in [3.8, 4) is 0 Å². The predicted octanol–water partition coefficient (Wildman–Crippen LogP) is 7.92. The van der Waals surface area contributed by atoms with Crippen LogP contribution in [0.15, 0.2) is 103 Å². The van der Waals surface area contributed by atoms with Gasteiger partial charge in [0.05, 0.1) is 24.1 Å². The largest absolute Gasteiger partial charge is 0.501 e. The number of para-hydroxylation sites is 1. The monoisotopic (exact) mass is 433 g/mol. The van der Waals surface area contributed by atoms with Gasteiger partial charge < -0.3 is 9.64 Å². The van der Waals surface area contributed by atoms with Gasteiger partial charge in [0.25, 0.3) is 0 Å². The first kappa shape index (κ1) is 22.1. The fourth-order valence-corrected chi connectivity index (χ4v) is 4.21. The summed E-state index contributed by atoms with van der Waals surface area (Å²) in [6.07, 6.45) is 1.88. The van der Waals surface area contributed by atoms with Gasteiger partial charge in [-0.05, 0) is 54.6 Å². The quantitative estimate of drug-likeness (QED) is 0.219. The molecular weight excluding hydrogens is 406 g/mol. The van der Waals surface area contributed by atoms with E-state index >= 15 is 0 Å². The minimum absolute atomic E-state index is 0.0231. The Hall–Kier alpha value is -4.11. The topological polar surface area (TPSA) is 29.5 Å². The van der Waals surface area contributed by atoms with Gasteiger partial charge in [0.1, 0.15) is 5.76 Å². The Bertz CT molecular complexity index is 1340. The van der Waals surface area contributed by atoms with E-state index in [0.717, 1.165) is 33.6 Å². The van der Waals surface area contributed by atoms with Crippen LogP contribution in [0.1, 0.15) is 25.0 Å². The van der Waals surface area contributed by atoms with E-state index in [1.165, 1.54) is 5.39 Å². The summed E-state index contributed by atoms with van der Waals surface area (Å²) in [7, 11) is 1.58. The number of ether oxygens (including phenoxy) is 1. The third-order valence-electron chi connectivity index (χ3n) is 5.83. The molecule has 0 heterocycles. The lowest BCUT2D eigenvalue weighted by Gasteiger charge is -2.28. The summed E-state index contributed by atoms with van der Waals surface area (Å²) in [6, 6.07) is 31.0. The number of Topliss-reactive ketones (excluding diaryl/α,β-unsaturated/α-hetero) is 1. The van der Waals surface area contributed by atoms with E-state index in [1.807, 2.05) is 49.4 Å². The van der Waals surface area contributed by atoms with Crippen molar-refractivity contribution in [3.63, 3.8) is 0 Å². The van der Waals surface area contributed by atoms with Crippen molar-refractivity contribution in [2.45, 2.75) is 13.8 Å². The van der Waals surface area contributed by atoms with Gasteiger partial charge in [0, 0.05) is 11.1 Å². The lowest BCUT2D eigenvalue weighted by atomic mass is 10.00. The van der Waals surface area contributed by atoms with Crippen LogP contribution in [0, 0.1) is 0 Å². The molecule has 164 valence electrons. The first-order valence-electron chi connectivity index (χ1n) is 10.9. The molecule has 0 radical (unpaired) electrons. The van der Waals surface area contributed by atoms with E-state index in [4.69, 9.17) is 4.74 Å². The van der Waals surface area contributed by atoms with Crippen molar-refractivity contribution in [1.82, 2.24) is 0 Å². The Kier molecular flexibility index (Phi) is 6.41. The van der Waals surface area contributed by atoms with Crippen molar-refractivity contribution >= 4 is 45.3 Å². The number of anilines is 3. The molecule has 0 fully saturated rings. The van der Waals surface area contributed by atoms with Crippen LogP contribution in [0.5, 0.6) is 0 Å². The van der Waals surface area contributed by atoms with Crippen LogP contribution in [-0.2, 0) is 9.53 Å². The Morgan fingerprint density at radius 1 is 0.818 bits per heavy atom. The molecule has 0 aromatic heterocycles. The Morgan fingerprint density at radius 3 is 2.15 bits per heavy atom. The number of rotatable bonds is 7. The highest BCUT2D eigenvalue weighted by molar-refractivity contribution is 6.20. The molecule has 4 aromatic rings. The lowest BCUT2D eigenvalue weighted by Crippen LogP contribution is -2.12. The highest BCUT2D eigenvalue weighted by atomic mass is 16.5. The standard InChI is InChI=1S/C30H27NO2/c1-5-23-11-7-9-15-28(23)31(29-16-10-13-24-12-6-8-14-27(24)29)26-19-17-25(18-20-26)30(21(2)32)22(3)33-4/h5-20H,1H2,2-4H3/b30-22+. The van der Waals surface area contributed by atoms with Crippen LogP contribution < -0.4 is 4.90 Å². The minimum Gasteiger partial charge on any atom is -0.501 e. The second-order valence-electron chi connectivity index (χ2n) is 7.83. The summed E-state index contributed by atoms with van der Waals surface area (Å²) in [5.41, 5.74) is 5.56. The van der Waals surface area contributed by atoms with Gasteiger partial charge in [-0.15, -0.1) is 0 Å². The van der Waals surface area contributed by atoms with Gasteiger partial charge in [0.2, 0.25) is 0 Å². The third-order valence-corrected chi connectivity index (χ3v) is 5.83. The first-order valence-corrected chi connectivity index (χ1v) is 10.9. The molecule has 0 aliphatic heterocycles. The van der Waals surface area contributed by atoms with Gasteiger partial charge >= 0.3 is 0 Å². The van der Waals surface area contributed by atoms with E-state index in [9.17, 15) is 4.79 Å². The van der Waals surface area contributed by atoms with Crippen LogP contribution in [-0.4, -0.2) is 12.9 Å². The van der Waals surface area contributed by atoms with Crippen molar-refractivity contribution in [2.75, 3.05) is 12.0 Å². The fraction of sp³-hybridized carbons (Fsp3) is 0.100. The number of benzene rings is 4. The average Bonchev–Trinajstić information content (AvgIpc) is 2.85. The van der Waals surface area contributed by atoms with Gasteiger partial charge in [-0.3, -0.25) is 4.79 Å². The molecule has 0 spiro atoms. The van der Waals surface area contributed by atoms with E-state index in [-0.39, 0.29) is 5.78 Å².